The normalized spacial score (nSPS) is 16.1. The average Bonchev–Trinajstić information content (AvgIpc) is 3.26. The van der Waals surface area contributed by atoms with Crippen LogP contribution in [0.15, 0.2) is 53.5 Å². The van der Waals surface area contributed by atoms with Gasteiger partial charge in [-0.25, -0.2) is 4.99 Å². The first kappa shape index (κ1) is 24.3. The molecule has 5 rings (SSSR count). The molecular weight excluding hydrogens is 489 g/mol. The quantitative estimate of drug-likeness (QED) is 0.431. The summed E-state index contributed by atoms with van der Waals surface area (Å²) in [6.07, 6.45) is -4.46. The van der Waals surface area contributed by atoms with E-state index in [0.717, 1.165) is 52.1 Å². The van der Waals surface area contributed by atoms with Gasteiger partial charge in [-0.2, -0.15) is 13.2 Å². The summed E-state index contributed by atoms with van der Waals surface area (Å²) in [6.45, 7) is 5.28. The molecule has 1 fully saturated rings. The molecule has 2 aromatic carbocycles. The molecule has 6 nitrogen and oxygen atoms in total. The lowest BCUT2D eigenvalue weighted by molar-refractivity contribution is -0.137. The number of halogens is 3. The van der Waals surface area contributed by atoms with Crippen LogP contribution in [0.3, 0.4) is 0 Å². The van der Waals surface area contributed by atoms with Crippen molar-refractivity contribution in [3.63, 3.8) is 0 Å². The second-order valence-corrected chi connectivity index (χ2v) is 10.1. The molecular formula is C26H27F3N4O2S. The monoisotopic (exact) mass is 516 g/mol. The number of aryl methyl sites for hydroxylation is 1. The number of ether oxygens (including phenoxy) is 2. The Morgan fingerprint density at radius 1 is 0.917 bits per heavy atom. The highest BCUT2D eigenvalue weighted by molar-refractivity contribution is 7.12. The predicted molar refractivity (Wildman–Crippen MR) is 137 cm³/mol. The number of methoxy groups -OCH3 is 2. The van der Waals surface area contributed by atoms with Gasteiger partial charge < -0.3 is 24.2 Å². The molecule has 0 atom stereocenters. The summed E-state index contributed by atoms with van der Waals surface area (Å²) < 4.78 is 51.7. The zero-order valence-corrected chi connectivity index (χ0v) is 21.1. The van der Waals surface area contributed by atoms with Crippen molar-refractivity contribution in [2.45, 2.75) is 19.6 Å². The maximum absolute atomic E-state index is 13.6. The first-order valence-electron chi connectivity index (χ1n) is 11.6. The minimum atomic E-state index is -4.46. The molecule has 2 aliphatic rings. The summed E-state index contributed by atoms with van der Waals surface area (Å²) in [4.78, 5) is 13.4. The fourth-order valence-electron chi connectivity index (χ4n) is 4.62. The number of hydrogen-bond donors (Lipinski definition) is 0. The highest BCUT2D eigenvalue weighted by Gasteiger charge is 2.35. The minimum Gasteiger partial charge on any atom is -0.497 e. The molecule has 0 amide bonds. The van der Waals surface area contributed by atoms with Gasteiger partial charge in [0.2, 0.25) is 5.96 Å². The summed E-state index contributed by atoms with van der Waals surface area (Å²) in [5, 5.41) is 0. The van der Waals surface area contributed by atoms with E-state index in [1.165, 1.54) is 13.2 Å². The number of rotatable bonds is 4. The summed E-state index contributed by atoms with van der Waals surface area (Å²) in [7, 11) is 3.12. The molecule has 3 heterocycles. The number of alkyl halides is 3. The minimum absolute atomic E-state index is 0.359. The number of nitrogens with zero attached hydrogens (tertiary/aromatic N) is 4. The molecule has 0 spiro atoms. The lowest BCUT2D eigenvalue weighted by atomic mass is 10.1. The van der Waals surface area contributed by atoms with Gasteiger partial charge in [0.1, 0.15) is 11.5 Å². The van der Waals surface area contributed by atoms with Crippen LogP contribution in [0.4, 0.5) is 30.2 Å². The summed E-state index contributed by atoms with van der Waals surface area (Å²) in [5.74, 6) is 1.82. The number of guanidine groups is 1. The smallest absolute Gasteiger partial charge is 0.416 e. The van der Waals surface area contributed by atoms with Crippen molar-refractivity contribution in [3.05, 3.63) is 63.8 Å². The maximum Gasteiger partial charge on any atom is 0.416 e. The summed E-state index contributed by atoms with van der Waals surface area (Å²) >= 11 is 1.61. The van der Waals surface area contributed by atoms with E-state index < -0.39 is 11.7 Å². The van der Waals surface area contributed by atoms with Gasteiger partial charge in [-0.3, -0.25) is 0 Å². The molecule has 1 saturated heterocycles. The number of fused-ring (bicyclic) bond motifs is 1. The first-order chi connectivity index (χ1) is 17.3. The van der Waals surface area contributed by atoms with Crippen molar-refractivity contribution in [3.8, 4) is 11.5 Å². The number of hydrogen-bond acceptors (Lipinski definition) is 7. The SMILES string of the molecule is COc1cccc(N2CCN(C3=Nc4cc(C)sc4CN3c3cc(C(F)(F)F)ccc3OC)CC2)c1. The van der Waals surface area contributed by atoms with Gasteiger partial charge in [0, 0.05) is 42.8 Å². The van der Waals surface area contributed by atoms with Gasteiger partial charge in [-0.05, 0) is 43.3 Å². The van der Waals surface area contributed by atoms with Gasteiger partial charge in [0.05, 0.1) is 42.6 Å². The van der Waals surface area contributed by atoms with Crippen LogP contribution >= 0.6 is 11.3 Å². The molecule has 190 valence electrons. The third-order valence-electron chi connectivity index (χ3n) is 6.45. The zero-order chi connectivity index (χ0) is 25.4. The van der Waals surface area contributed by atoms with Gasteiger partial charge >= 0.3 is 6.18 Å². The molecule has 0 saturated carbocycles. The van der Waals surface area contributed by atoms with Crippen LogP contribution in [-0.4, -0.2) is 51.3 Å². The Labute approximate surface area is 212 Å². The van der Waals surface area contributed by atoms with E-state index in [1.807, 2.05) is 36.1 Å². The van der Waals surface area contributed by atoms with Crippen molar-refractivity contribution >= 4 is 34.4 Å². The largest absolute Gasteiger partial charge is 0.497 e. The third kappa shape index (κ3) is 4.69. The Balaban J connectivity index is 1.47. The number of piperazine rings is 1. The second-order valence-electron chi connectivity index (χ2n) is 8.72. The molecule has 0 unspecified atom stereocenters. The standard InChI is InChI=1S/C26H27F3N4O2S/c1-17-13-21-24(36-17)16-33(22-14-18(26(27,28)29)7-8-23(22)35-3)25(30-21)32-11-9-31(10-12-32)19-5-4-6-20(15-19)34-2/h4-8,13-15H,9-12,16H2,1-3H3. The van der Waals surface area contributed by atoms with Crippen LogP contribution in [0.2, 0.25) is 0 Å². The van der Waals surface area contributed by atoms with Crippen LogP contribution in [0.5, 0.6) is 11.5 Å². The van der Waals surface area contributed by atoms with E-state index in [2.05, 4.69) is 15.9 Å². The van der Waals surface area contributed by atoms with Crippen LogP contribution in [0.25, 0.3) is 0 Å². The molecule has 10 heteroatoms. The van der Waals surface area contributed by atoms with E-state index in [-0.39, 0.29) is 0 Å². The number of anilines is 2. The van der Waals surface area contributed by atoms with Crippen LogP contribution in [0.1, 0.15) is 15.3 Å². The molecule has 2 aliphatic heterocycles. The highest BCUT2D eigenvalue weighted by Crippen LogP contribution is 2.42. The summed E-state index contributed by atoms with van der Waals surface area (Å²) in [6, 6.07) is 13.6. The number of thiophene rings is 1. The van der Waals surface area contributed by atoms with Crippen molar-refractivity contribution in [2.75, 3.05) is 50.2 Å². The van der Waals surface area contributed by atoms with E-state index in [1.54, 1.807) is 18.4 Å². The highest BCUT2D eigenvalue weighted by atomic mass is 32.1. The Hall–Kier alpha value is -3.40. The van der Waals surface area contributed by atoms with Crippen molar-refractivity contribution in [1.29, 1.82) is 0 Å². The molecule has 0 N–H and O–H groups in total. The Morgan fingerprint density at radius 3 is 2.36 bits per heavy atom. The zero-order valence-electron chi connectivity index (χ0n) is 20.3. The van der Waals surface area contributed by atoms with Gasteiger partial charge in [-0.1, -0.05) is 6.07 Å². The number of aliphatic imine (C=N–C) groups is 1. The van der Waals surface area contributed by atoms with Gasteiger partial charge in [-0.15, -0.1) is 11.3 Å². The molecule has 3 aromatic rings. The third-order valence-corrected chi connectivity index (χ3v) is 7.48. The fraction of sp³-hybridized carbons (Fsp3) is 0.346. The van der Waals surface area contributed by atoms with Gasteiger partial charge in [0.25, 0.3) is 0 Å². The molecule has 36 heavy (non-hydrogen) atoms. The Kier molecular flexibility index (Phi) is 6.46. The topological polar surface area (TPSA) is 40.5 Å². The van der Waals surface area contributed by atoms with Crippen LogP contribution in [0, 0.1) is 6.92 Å². The maximum atomic E-state index is 13.6. The van der Waals surface area contributed by atoms with E-state index in [0.29, 0.717) is 37.0 Å². The van der Waals surface area contributed by atoms with Crippen LogP contribution in [-0.2, 0) is 12.7 Å². The second kappa shape index (κ2) is 9.57. The van der Waals surface area contributed by atoms with E-state index in [4.69, 9.17) is 14.5 Å². The van der Waals surface area contributed by atoms with E-state index >= 15 is 0 Å². The molecule has 0 bridgehead atoms. The van der Waals surface area contributed by atoms with Crippen LogP contribution < -0.4 is 19.3 Å². The lowest BCUT2D eigenvalue weighted by Gasteiger charge is -2.42. The molecule has 0 radical (unpaired) electrons. The summed E-state index contributed by atoms with van der Waals surface area (Å²) in [5.41, 5.74) is 1.60. The van der Waals surface area contributed by atoms with E-state index in [9.17, 15) is 13.2 Å². The van der Waals surface area contributed by atoms with Gasteiger partial charge in [0.15, 0.2) is 0 Å². The first-order valence-corrected chi connectivity index (χ1v) is 12.4. The number of benzene rings is 2. The Morgan fingerprint density at radius 2 is 1.67 bits per heavy atom. The van der Waals surface area contributed by atoms with Crippen molar-refractivity contribution in [1.82, 2.24) is 4.90 Å². The molecule has 0 aliphatic carbocycles. The Bertz CT molecular complexity index is 1280. The molecule has 1 aromatic heterocycles. The predicted octanol–water partition coefficient (Wildman–Crippen LogP) is 5.92. The fourth-order valence-corrected chi connectivity index (χ4v) is 5.58. The van der Waals surface area contributed by atoms with Crippen molar-refractivity contribution in [2.24, 2.45) is 4.99 Å². The van der Waals surface area contributed by atoms with Crippen molar-refractivity contribution < 1.29 is 22.6 Å². The average molecular weight is 517 g/mol. The lowest BCUT2D eigenvalue weighted by Crippen LogP contribution is -2.54.